The van der Waals surface area contributed by atoms with Crippen molar-refractivity contribution in [2.24, 2.45) is 0 Å². The molecule has 0 saturated carbocycles. The van der Waals surface area contributed by atoms with Crippen molar-refractivity contribution in [3.63, 3.8) is 0 Å². The van der Waals surface area contributed by atoms with E-state index in [1.807, 2.05) is 6.07 Å². The quantitative estimate of drug-likeness (QED) is 0.766. The highest BCUT2D eigenvalue weighted by Crippen LogP contribution is 2.06. The number of carbonyl (C=O) groups is 1. The van der Waals surface area contributed by atoms with Crippen molar-refractivity contribution < 1.29 is 4.79 Å². The van der Waals surface area contributed by atoms with Crippen molar-refractivity contribution >= 4 is 12.0 Å². The Balaban J connectivity index is 1.29. The molecule has 0 atom stereocenters. The highest BCUT2D eigenvalue weighted by molar-refractivity contribution is 5.76. The fourth-order valence-corrected chi connectivity index (χ4v) is 3.35. The zero-order chi connectivity index (χ0) is 19.6. The maximum Gasteiger partial charge on any atom is 0.221 e. The van der Waals surface area contributed by atoms with Crippen LogP contribution in [0, 0.1) is 6.92 Å². The Labute approximate surface area is 168 Å². The van der Waals surface area contributed by atoms with Gasteiger partial charge in [0, 0.05) is 52.2 Å². The van der Waals surface area contributed by atoms with Gasteiger partial charge < -0.3 is 10.2 Å². The molecule has 1 saturated heterocycles. The topological polar surface area (TPSA) is 35.6 Å². The standard InChI is InChI=1S/C24H31N3O/c1-21-9-11-23(12-10-21)20-25-24(28)13-15-27-18-16-26(17-19-27)14-5-8-22-6-3-2-4-7-22/h2-12H,13-20H2,1H3,(H,25,28)/b8-5+. The van der Waals surface area contributed by atoms with E-state index in [1.165, 1.54) is 11.1 Å². The van der Waals surface area contributed by atoms with Gasteiger partial charge in [-0.3, -0.25) is 9.69 Å². The summed E-state index contributed by atoms with van der Waals surface area (Å²) in [6, 6.07) is 18.7. The van der Waals surface area contributed by atoms with E-state index in [-0.39, 0.29) is 5.91 Å². The molecule has 4 heteroatoms. The van der Waals surface area contributed by atoms with Gasteiger partial charge in [0.05, 0.1) is 0 Å². The van der Waals surface area contributed by atoms with Crippen molar-refractivity contribution in [1.82, 2.24) is 15.1 Å². The van der Waals surface area contributed by atoms with Gasteiger partial charge in [-0.2, -0.15) is 0 Å². The number of aryl methyl sites for hydroxylation is 1. The predicted molar refractivity (Wildman–Crippen MR) is 116 cm³/mol. The van der Waals surface area contributed by atoms with Crippen LogP contribution in [0.4, 0.5) is 0 Å². The average Bonchev–Trinajstić information content (AvgIpc) is 2.73. The van der Waals surface area contributed by atoms with E-state index in [1.54, 1.807) is 0 Å². The molecule has 148 valence electrons. The van der Waals surface area contributed by atoms with Crippen LogP contribution in [0.15, 0.2) is 60.7 Å². The first-order chi connectivity index (χ1) is 13.7. The minimum atomic E-state index is 0.133. The predicted octanol–water partition coefficient (Wildman–Crippen LogP) is 3.33. The second kappa shape index (κ2) is 10.8. The lowest BCUT2D eigenvalue weighted by Crippen LogP contribution is -2.47. The fourth-order valence-electron chi connectivity index (χ4n) is 3.35. The third-order valence-corrected chi connectivity index (χ3v) is 5.20. The van der Waals surface area contributed by atoms with E-state index >= 15 is 0 Å². The van der Waals surface area contributed by atoms with Crippen LogP contribution in [0.1, 0.15) is 23.1 Å². The lowest BCUT2D eigenvalue weighted by atomic mass is 10.1. The number of hydrogen-bond acceptors (Lipinski definition) is 3. The molecular formula is C24H31N3O. The Bertz CT molecular complexity index is 747. The Hall–Kier alpha value is -2.43. The van der Waals surface area contributed by atoms with Gasteiger partial charge in [-0.05, 0) is 18.1 Å². The molecule has 2 aromatic rings. The highest BCUT2D eigenvalue weighted by Gasteiger charge is 2.16. The molecule has 0 aromatic heterocycles. The van der Waals surface area contributed by atoms with Gasteiger partial charge in [0.2, 0.25) is 5.91 Å². The zero-order valence-electron chi connectivity index (χ0n) is 16.8. The maximum absolute atomic E-state index is 12.1. The third-order valence-electron chi connectivity index (χ3n) is 5.20. The van der Waals surface area contributed by atoms with Gasteiger partial charge in [0.15, 0.2) is 0 Å². The van der Waals surface area contributed by atoms with Crippen molar-refractivity contribution in [2.75, 3.05) is 39.3 Å². The lowest BCUT2D eigenvalue weighted by molar-refractivity contribution is -0.121. The molecule has 1 N–H and O–H groups in total. The van der Waals surface area contributed by atoms with Crippen LogP contribution >= 0.6 is 0 Å². The summed E-state index contributed by atoms with van der Waals surface area (Å²) < 4.78 is 0. The minimum Gasteiger partial charge on any atom is -0.352 e. The van der Waals surface area contributed by atoms with E-state index in [0.29, 0.717) is 13.0 Å². The van der Waals surface area contributed by atoms with Crippen molar-refractivity contribution in [1.29, 1.82) is 0 Å². The van der Waals surface area contributed by atoms with Crippen LogP contribution in [0.25, 0.3) is 6.08 Å². The number of nitrogens with zero attached hydrogens (tertiary/aromatic N) is 2. The zero-order valence-corrected chi connectivity index (χ0v) is 16.8. The summed E-state index contributed by atoms with van der Waals surface area (Å²) in [7, 11) is 0. The fraction of sp³-hybridized carbons (Fsp3) is 0.375. The van der Waals surface area contributed by atoms with E-state index in [9.17, 15) is 4.79 Å². The Kier molecular flexibility index (Phi) is 7.82. The van der Waals surface area contributed by atoms with Crippen LogP contribution in [-0.2, 0) is 11.3 Å². The average molecular weight is 378 g/mol. The molecule has 4 nitrogen and oxygen atoms in total. The first-order valence-electron chi connectivity index (χ1n) is 10.2. The summed E-state index contributed by atoms with van der Waals surface area (Å²) in [5.74, 6) is 0.133. The summed E-state index contributed by atoms with van der Waals surface area (Å²) in [6.45, 7) is 8.69. The molecule has 2 aromatic carbocycles. The second-order valence-corrected chi connectivity index (χ2v) is 7.47. The number of carbonyl (C=O) groups excluding carboxylic acids is 1. The van der Waals surface area contributed by atoms with Crippen molar-refractivity contribution in [3.8, 4) is 0 Å². The molecule has 0 radical (unpaired) electrons. The summed E-state index contributed by atoms with van der Waals surface area (Å²) in [5.41, 5.74) is 3.64. The molecule has 0 spiro atoms. The van der Waals surface area contributed by atoms with E-state index in [0.717, 1.165) is 44.8 Å². The number of rotatable bonds is 8. The molecule has 1 aliphatic heterocycles. The van der Waals surface area contributed by atoms with E-state index < -0.39 is 0 Å². The van der Waals surface area contributed by atoms with Crippen LogP contribution in [0.3, 0.4) is 0 Å². The summed E-state index contributed by atoms with van der Waals surface area (Å²) in [6.07, 6.45) is 4.99. The Morgan fingerprint density at radius 1 is 0.964 bits per heavy atom. The van der Waals surface area contributed by atoms with Crippen LogP contribution < -0.4 is 5.32 Å². The Morgan fingerprint density at radius 3 is 2.36 bits per heavy atom. The van der Waals surface area contributed by atoms with E-state index in [2.05, 4.69) is 82.7 Å². The van der Waals surface area contributed by atoms with Gasteiger partial charge in [-0.1, -0.05) is 72.3 Å². The van der Waals surface area contributed by atoms with E-state index in [4.69, 9.17) is 0 Å². The van der Waals surface area contributed by atoms with Gasteiger partial charge in [0.25, 0.3) is 0 Å². The first-order valence-corrected chi connectivity index (χ1v) is 10.2. The maximum atomic E-state index is 12.1. The normalized spacial score (nSPS) is 15.8. The molecular weight excluding hydrogens is 346 g/mol. The molecule has 3 rings (SSSR count). The van der Waals surface area contributed by atoms with Gasteiger partial charge >= 0.3 is 0 Å². The van der Waals surface area contributed by atoms with Gasteiger partial charge in [-0.25, -0.2) is 0 Å². The highest BCUT2D eigenvalue weighted by atomic mass is 16.1. The second-order valence-electron chi connectivity index (χ2n) is 7.47. The third kappa shape index (κ3) is 6.95. The largest absolute Gasteiger partial charge is 0.352 e. The number of piperazine rings is 1. The molecule has 1 amide bonds. The van der Waals surface area contributed by atoms with Gasteiger partial charge in [-0.15, -0.1) is 0 Å². The molecule has 28 heavy (non-hydrogen) atoms. The molecule has 0 aliphatic carbocycles. The van der Waals surface area contributed by atoms with Crippen LogP contribution in [-0.4, -0.2) is 55.0 Å². The molecule has 0 unspecified atom stereocenters. The monoisotopic (exact) mass is 377 g/mol. The number of amides is 1. The Morgan fingerprint density at radius 2 is 1.64 bits per heavy atom. The van der Waals surface area contributed by atoms with Crippen LogP contribution in [0.5, 0.6) is 0 Å². The summed E-state index contributed by atoms with van der Waals surface area (Å²) in [5, 5.41) is 3.03. The van der Waals surface area contributed by atoms with Crippen molar-refractivity contribution in [2.45, 2.75) is 19.9 Å². The summed E-state index contributed by atoms with van der Waals surface area (Å²) >= 11 is 0. The van der Waals surface area contributed by atoms with Crippen LogP contribution in [0.2, 0.25) is 0 Å². The molecule has 1 aliphatic rings. The number of benzene rings is 2. The SMILES string of the molecule is Cc1ccc(CNC(=O)CCN2CCN(C/C=C/c3ccccc3)CC2)cc1. The smallest absolute Gasteiger partial charge is 0.221 e. The summed E-state index contributed by atoms with van der Waals surface area (Å²) in [4.78, 5) is 17.0. The lowest BCUT2D eigenvalue weighted by Gasteiger charge is -2.34. The molecule has 0 bridgehead atoms. The van der Waals surface area contributed by atoms with Crippen molar-refractivity contribution in [3.05, 3.63) is 77.4 Å². The minimum absolute atomic E-state index is 0.133. The number of hydrogen-bond donors (Lipinski definition) is 1. The number of nitrogens with one attached hydrogen (secondary N) is 1. The molecule has 1 heterocycles. The van der Waals surface area contributed by atoms with Gasteiger partial charge in [0.1, 0.15) is 0 Å². The first kappa shape index (κ1) is 20.3. The molecule has 1 fully saturated rings.